The highest BCUT2D eigenvalue weighted by molar-refractivity contribution is 6.30. The largest absolute Gasteiger partial charge is 0.416 e. The topological polar surface area (TPSA) is 98.1 Å². The normalized spacial score (nSPS) is 13.6. The number of halogens is 6. The lowest BCUT2D eigenvalue weighted by molar-refractivity contribution is -0.207. The second-order valence-electron chi connectivity index (χ2n) is 8.17. The summed E-state index contributed by atoms with van der Waals surface area (Å²) in [5, 5.41) is 24.2. The van der Waals surface area contributed by atoms with E-state index in [1.807, 2.05) is 0 Å². The Morgan fingerprint density at radius 1 is 1.08 bits per heavy atom. The lowest BCUT2D eigenvalue weighted by atomic mass is 10.1. The predicted molar refractivity (Wildman–Crippen MR) is 122 cm³/mol. The van der Waals surface area contributed by atoms with Crippen LogP contribution in [0.2, 0.25) is 5.02 Å². The fraction of sp³-hybridized carbons (Fsp3) is 0.261. The number of hydrogen-bond acceptors (Lipinski definition) is 5. The monoisotopic (exact) mass is 543 g/mol. The first kappa shape index (κ1) is 26.5. The third-order valence-corrected chi connectivity index (χ3v) is 5.67. The standard InChI is InChI=1S/C23H19ClF5N5O3/c1-12(35)21-30-20(31-34(21)17-7-6-15(25)8-16(17)26)11-32-9-18(13-2-4-14(24)5-3-13)33(22(32)37)10-19(36)23(27,28)29/h2-9,12,19,35-36H,10-11H2,1H3/t12-,19-/m0/s1. The molecule has 2 heterocycles. The number of aromatic nitrogens is 5. The maximum absolute atomic E-state index is 14.4. The minimum atomic E-state index is -4.97. The highest BCUT2D eigenvalue weighted by atomic mass is 35.5. The van der Waals surface area contributed by atoms with Crippen LogP contribution >= 0.6 is 11.6 Å². The van der Waals surface area contributed by atoms with Crippen LogP contribution in [0.25, 0.3) is 16.9 Å². The maximum atomic E-state index is 14.4. The van der Waals surface area contributed by atoms with Gasteiger partial charge in [0.25, 0.3) is 0 Å². The molecule has 0 radical (unpaired) electrons. The third kappa shape index (κ3) is 5.58. The molecule has 37 heavy (non-hydrogen) atoms. The van der Waals surface area contributed by atoms with Crippen molar-refractivity contribution in [2.75, 3.05) is 0 Å². The molecule has 4 rings (SSSR count). The van der Waals surface area contributed by atoms with Crippen molar-refractivity contribution >= 4 is 11.6 Å². The van der Waals surface area contributed by atoms with E-state index >= 15 is 0 Å². The summed E-state index contributed by atoms with van der Waals surface area (Å²) in [5.74, 6) is -2.01. The molecule has 0 aliphatic heterocycles. The first-order chi connectivity index (χ1) is 17.3. The van der Waals surface area contributed by atoms with E-state index in [0.717, 1.165) is 25.9 Å². The van der Waals surface area contributed by atoms with Crippen molar-refractivity contribution in [1.82, 2.24) is 23.9 Å². The molecule has 0 saturated heterocycles. The van der Waals surface area contributed by atoms with E-state index in [9.17, 15) is 37.0 Å². The Labute approximate surface area is 210 Å². The quantitative estimate of drug-likeness (QED) is 0.345. The van der Waals surface area contributed by atoms with Crippen LogP contribution in [-0.2, 0) is 13.1 Å². The SMILES string of the molecule is C[C@H](O)c1nc(Cn2cc(-c3ccc(Cl)cc3)n(C[C@H](O)C(F)(F)F)c2=O)nn1-c1ccc(F)cc1F. The second-order valence-corrected chi connectivity index (χ2v) is 8.61. The minimum Gasteiger partial charge on any atom is -0.385 e. The van der Waals surface area contributed by atoms with Gasteiger partial charge in [0.2, 0.25) is 0 Å². The Morgan fingerprint density at radius 2 is 1.76 bits per heavy atom. The van der Waals surface area contributed by atoms with Gasteiger partial charge >= 0.3 is 11.9 Å². The van der Waals surface area contributed by atoms with E-state index < -0.39 is 42.3 Å². The summed E-state index contributed by atoms with van der Waals surface area (Å²) in [7, 11) is 0. The van der Waals surface area contributed by atoms with Gasteiger partial charge in [-0.3, -0.25) is 9.13 Å². The Hall–Kier alpha value is -3.55. The Bertz CT molecular complexity index is 1480. The van der Waals surface area contributed by atoms with E-state index in [1.165, 1.54) is 37.4 Å². The third-order valence-electron chi connectivity index (χ3n) is 5.42. The molecule has 2 atom stereocenters. The average Bonchev–Trinajstić information content (AvgIpc) is 3.36. The van der Waals surface area contributed by atoms with Gasteiger partial charge in [-0.05, 0) is 36.8 Å². The van der Waals surface area contributed by atoms with Gasteiger partial charge in [-0.25, -0.2) is 23.2 Å². The summed E-state index contributed by atoms with van der Waals surface area (Å²) in [6, 6.07) is 8.66. The van der Waals surface area contributed by atoms with Crippen LogP contribution in [0.4, 0.5) is 22.0 Å². The number of benzene rings is 2. The number of aliphatic hydroxyl groups excluding tert-OH is 2. The summed E-state index contributed by atoms with van der Waals surface area (Å²) >= 11 is 5.89. The maximum Gasteiger partial charge on any atom is 0.416 e. The molecule has 0 unspecified atom stereocenters. The number of hydrogen-bond donors (Lipinski definition) is 2. The fourth-order valence-corrected chi connectivity index (χ4v) is 3.76. The summed E-state index contributed by atoms with van der Waals surface area (Å²) in [6.45, 7) is -0.107. The van der Waals surface area contributed by atoms with E-state index in [-0.39, 0.29) is 29.6 Å². The molecule has 0 spiro atoms. The smallest absolute Gasteiger partial charge is 0.385 e. The molecule has 0 fully saturated rings. The molecular formula is C23H19ClF5N5O3. The first-order valence-electron chi connectivity index (χ1n) is 10.7. The van der Waals surface area contributed by atoms with Gasteiger partial charge in [0.05, 0.1) is 18.8 Å². The summed E-state index contributed by atoms with van der Waals surface area (Å²) < 4.78 is 69.6. The first-order valence-corrected chi connectivity index (χ1v) is 11.1. The van der Waals surface area contributed by atoms with Crippen LogP contribution in [0.1, 0.15) is 24.7 Å². The second kappa shape index (κ2) is 10.1. The summed E-state index contributed by atoms with van der Waals surface area (Å²) in [6.07, 6.45) is -7.76. The van der Waals surface area contributed by atoms with Gasteiger partial charge < -0.3 is 10.2 Å². The van der Waals surface area contributed by atoms with Crippen molar-refractivity contribution in [3.63, 3.8) is 0 Å². The molecule has 8 nitrogen and oxygen atoms in total. The molecule has 2 N–H and O–H groups in total. The van der Waals surface area contributed by atoms with Crippen molar-refractivity contribution in [1.29, 1.82) is 0 Å². The molecule has 0 aliphatic carbocycles. The molecule has 14 heteroatoms. The highest BCUT2D eigenvalue weighted by Gasteiger charge is 2.39. The molecule has 0 amide bonds. The molecule has 0 aliphatic rings. The number of imidazole rings is 1. The van der Waals surface area contributed by atoms with Gasteiger partial charge in [-0.2, -0.15) is 13.2 Å². The van der Waals surface area contributed by atoms with Crippen molar-refractivity contribution in [3.05, 3.63) is 87.5 Å². The molecule has 4 aromatic rings. The molecular weight excluding hydrogens is 525 g/mol. The molecule has 2 aromatic heterocycles. The van der Waals surface area contributed by atoms with Crippen LogP contribution < -0.4 is 5.69 Å². The van der Waals surface area contributed by atoms with E-state index in [1.54, 1.807) is 0 Å². The molecule has 0 saturated carbocycles. The van der Waals surface area contributed by atoms with Crippen molar-refractivity contribution in [2.24, 2.45) is 0 Å². The fourth-order valence-electron chi connectivity index (χ4n) is 3.64. The van der Waals surface area contributed by atoms with Crippen molar-refractivity contribution in [3.8, 4) is 16.9 Å². The zero-order valence-corrected chi connectivity index (χ0v) is 19.8. The number of rotatable bonds is 7. The lowest BCUT2D eigenvalue weighted by Gasteiger charge is -2.16. The Balaban J connectivity index is 1.78. The Kier molecular flexibility index (Phi) is 7.22. The Morgan fingerprint density at radius 3 is 2.35 bits per heavy atom. The van der Waals surface area contributed by atoms with Crippen molar-refractivity contribution < 1.29 is 32.2 Å². The van der Waals surface area contributed by atoms with Crippen LogP contribution in [0, 0.1) is 11.6 Å². The van der Waals surface area contributed by atoms with Gasteiger partial charge in [-0.1, -0.05) is 23.7 Å². The van der Waals surface area contributed by atoms with E-state index in [0.29, 0.717) is 16.7 Å². The van der Waals surface area contributed by atoms with Gasteiger partial charge in [-0.15, -0.1) is 5.10 Å². The average molecular weight is 544 g/mol. The number of alkyl halides is 3. The number of nitrogens with zero attached hydrogens (tertiary/aromatic N) is 5. The summed E-state index contributed by atoms with van der Waals surface area (Å²) in [5.41, 5.74) is -0.705. The number of aliphatic hydroxyl groups is 2. The van der Waals surface area contributed by atoms with Gasteiger partial charge in [0.15, 0.2) is 23.6 Å². The van der Waals surface area contributed by atoms with Gasteiger partial charge in [0.1, 0.15) is 17.6 Å². The zero-order valence-electron chi connectivity index (χ0n) is 19.0. The van der Waals surface area contributed by atoms with Crippen LogP contribution in [0.15, 0.2) is 53.5 Å². The molecule has 0 bridgehead atoms. The van der Waals surface area contributed by atoms with Crippen molar-refractivity contribution in [2.45, 2.75) is 38.4 Å². The van der Waals surface area contributed by atoms with Crippen LogP contribution in [0.3, 0.4) is 0 Å². The van der Waals surface area contributed by atoms with Crippen LogP contribution in [-0.4, -0.2) is 46.4 Å². The summed E-state index contributed by atoms with van der Waals surface area (Å²) in [4.78, 5) is 17.2. The van der Waals surface area contributed by atoms with E-state index in [4.69, 9.17) is 11.6 Å². The van der Waals surface area contributed by atoms with E-state index in [2.05, 4.69) is 10.1 Å². The zero-order chi connectivity index (χ0) is 27.1. The lowest BCUT2D eigenvalue weighted by Crippen LogP contribution is -2.37. The van der Waals surface area contributed by atoms with Crippen LogP contribution in [0.5, 0.6) is 0 Å². The molecule has 2 aromatic carbocycles. The van der Waals surface area contributed by atoms with Gasteiger partial charge in [0, 0.05) is 17.3 Å². The molecule has 196 valence electrons. The predicted octanol–water partition coefficient (Wildman–Crippen LogP) is 3.85. The minimum absolute atomic E-state index is 0.0599. The highest BCUT2D eigenvalue weighted by Crippen LogP contribution is 2.26.